The first kappa shape index (κ1) is 19.2. The molecule has 0 bridgehead atoms. The van der Waals surface area contributed by atoms with Crippen LogP contribution in [-0.4, -0.2) is 30.1 Å². The van der Waals surface area contributed by atoms with E-state index in [0.717, 1.165) is 10.8 Å². The van der Waals surface area contributed by atoms with Gasteiger partial charge in [-0.2, -0.15) is 4.98 Å². The number of carbonyl (C=O) groups excluding carboxylic acids is 1. The van der Waals surface area contributed by atoms with Crippen LogP contribution in [0.4, 0.5) is 17.2 Å². The Bertz CT molecular complexity index is 1220. The van der Waals surface area contributed by atoms with Crippen molar-refractivity contribution in [1.29, 1.82) is 0 Å². The number of benzene rings is 3. The van der Waals surface area contributed by atoms with Crippen LogP contribution in [0.3, 0.4) is 0 Å². The number of para-hydroxylation sites is 1. The maximum atomic E-state index is 12.1. The molecule has 0 saturated heterocycles. The van der Waals surface area contributed by atoms with E-state index in [4.69, 9.17) is 15.2 Å². The molecule has 0 unspecified atom stereocenters. The summed E-state index contributed by atoms with van der Waals surface area (Å²) in [6.07, 6.45) is 1.38. The number of aromatic nitrogens is 2. The van der Waals surface area contributed by atoms with Crippen molar-refractivity contribution in [2.75, 3.05) is 24.8 Å². The van der Waals surface area contributed by atoms with E-state index >= 15 is 0 Å². The summed E-state index contributed by atoms with van der Waals surface area (Å²) in [5.74, 6) is 0.842. The smallest absolute Gasteiger partial charge is 0.339 e. The van der Waals surface area contributed by atoms with Gasteiger partial charge in [0.15, 0.2) is 5.82 Å². The summed E-state index contributed by atoms with van der Waals surface area (Å²) in [7, 11) is 3.11. The standard InChI is InChI=1S/C23H20N4O3/c1-27(18-12-6-5-11-17(18)23(28)29-2)21-20(24)22(26-14-25-21)30-19-13-7-9-15-8-3-4-10-16(15)19/h3-14H,24H2,1-2H3. The Hall–Kier alpha value is -4.13. The Labute approximate surface area is 173 Å². The average molecular weight is 400 g/mol. The summed E-state index contributed by atoms with van der Waals surface area (Å²) in [4.78, 5) is 22.4. The van der Waals surface area contributed by atoms with E-state index in [2.05, 4.69) is 9.97 Å². The zero-order valence-electron chi connectivity index (χ0n) is 16.6. The Balaban J connectivity index is 1.73. The molecule has 0 aliphatic heterocycles. The lowest BCUT2D eigenvalue weighted by molar-refractivity contribution is 0.0601. The third kappa shape index (κ3) is 3.48. The first-order chi connectivity index (χ1) is 14.6. The van der Waals surface area contributed by atoms with Gasteiger partial charge in [0, 0.05) is 12.4 Å². The predicted molar refractivity (Wildman–Crippen MR) is 116 cm³/mol. The number of hydrogen-bond donors (Lipinski definition) is 1. The molecule has 0 saturated carbocycles. The second-order valence-corrected chi connectivity index (χ2v) is 6.56. The Morgan fingerprint density at radius 1 is 0.967 bits per heavy atom. The minimum atomic E-state index is -0.447. The molecule has 4 rings (SSSR count). The first-order valence-electron chi connectivity index (χ1n) is 9.27. The molecule has 4 aromatic rings. The van der Waals surface area contributed by atoms with Gasteiger partial charge in [-0.1, -0.05) is 48.5 Å². The van der Waals surface area contributed by atoms with Crippen molar-refractivity contribution in [3.8, 4) is 11.6 Å². The van der Waals surface area contributed by atoms with Crippen LogP contribution in [0, 0.1) is 0 Å². The highest BCUT2D eigenvalue weighted by atomic mass is 16.5. The van der Waals surface area contributed by atoms with Crippen molar-refractivity contribution in [2.45, 2.75) is 0 Å². The second kappa shape index (κ2) is 8.08. The van der Waals surface area contributed by atoms with Crippen molar-refractivity contribution in [2.24, 2.45) is 0 Å². The van der Waals surface area contributed by atoms with Gasteiger partial charge in [-0.15, -0.1) is 0 Å². The highest BCUT2D eigenvalue weighted by Gasteiger charge is 2.20. The number of hydrogen-bond acceptors (Lipinski definition) is 7. The number of ether oxygens (including phenoxy) is 2. The van der Waals surface area contributed by atoms with Gasteiger partial charge in [-0.05, 0) is 23.6 Å². The van der Waals surface area contributed by atoms with Crippen LogP contribution in [0.25, 0.3) is 10.8 Å². The van der Waals surface area contributed by atoms with Crippen LogP contribution >= 0.6 is 0 Å². The van der Waals surface area contributed by atoms with E-state index in [1.165, 1.54) is 13.4 Å². The molecule has 3 aromatic carbocycles. The van der Waals surface area contributed by atoms with Crippen LogP contribution in [0.5, 0.6) is 11.6 Å². The molecular weight excluding hydrogens is 380 g/mol. The molecule has 0 fully saturated rings. The minimum Gasteiger partial charge on any atom is -0.465 e. The highest BCUT2D eigenvalue weighted by molar-refractivity contribution is 5.97. The monoisotopic (exact) mass is 400 g/mol. The second-order valence-electron chi connectivity index (χ2n) is 6.56. The van der Waals surface area contributed by atoms with Crippen LogP contribution in [0.15, 0.2) is 73.1 Å². The predicted octanol–water partition coefficient (Wildman–Crippen LogP) is 4.56. The maximum absolute atomic E-state index is 12.1. The zero-order chi connectivity index (χ0) is 21.1. The normalized spacial score (nSPS) is 10.6. The largest absolute Gasteiger partial charge is 0.465 e. The van der Waals surface area contributed by atoms with Crippen molar-refractivity contribution in [3.05, 3.63) is 78.6 Å². The molecule has 0 aliphatic carbocycles. The van der Waals surface area contributed by atoms with Crippen LogP contribution in [-0.2, 0) is 4.74 Å². The number of carbonyl (C=O) groups is 1. The fourth-order valence-electron chi connectivity index (χ4n) is 3.27. The Kier molecular flexibility index (Phi) is 5.17. The first-order valence-corrected chi connectivity index (χ1v) is 9.27. The summed E-state index contributed by atoms with van der Waals surface area (Å²) in [6, 6.07) is 20.7. The van der Waals surface area contributed by atoms with E-state index in [1.54, 1.807) is 30.1 Å². The van der Waals surface area contributed by atoms with Gasteiger partial charge >= 0.3 is 5.97 Å². The maximum Gasteiger partial charge on any atom is 0.339 e. The number of nitrogen functional groups attached to an aromatic ring is 1. The number of esters is 1. The van der Waals surface area contributed by atoms with Gasteiger partial charge in [0.2, 0.25) is 5.88 Å². The van der Waals surface area contributed by atoms with Crippen molar-refractivity contribution in [3.63, 3.8) is 0 Å². The lowest BCUT2D eigenvalue weighted by Gasteiger charge is -2.22. The van der Waals surface area contributed by atoms with Crippen molar-refractivity contribution in [1.82, 2.24) is 9.97 Å². The third-order valence-corrected chi connectivity index (χ3v) is 4.77. The highest BCUT2D eigenvalue weighted by Crippen LogP contribution is 2.37. The molecule has 1 heterocycles. The van der Waals surface area contributed by atoms with Crippen molar-refractivity contribution < 1.29 is 14.3 Å². The van der Waals surface area contributed by atoms with Gasteiger partial charge in [0.1, 0.15) is 17.8 Å². The minimum absolute atomic E-state index is 0.235. The molecule has 7 heteroatoms. The van der Waals surface area contributed by atoms with Gasteiger partial charge in [-0.25, -0.2) is 9.78 Å². The summed E-state index contributed by atoms with van der Waals surface area (Å²) in [5.41, 5.74) is 7.62. The van der Waals surface area contributed by atoms with Crippen LogP contribution in [0.2, 0.25) is 0 Å². The number of nitrogens with zero attached hydrogens (tertiary/aromatic N) is 3. The molecular formula is C23H20N4O3. The Morgan fingerprint density at radius 3 is 2.53 bits per heavy atom. The fraction of sp³-hybridized carbons (Fsp3) is 0.0870. The van der Waals surface area contributed by atoms with E-state index in [1.807, 2.05) is 48.5 Å². The van der Waals surface area contributed by atoms with E-state index in [9.17, 15) is 4.79 Å². The van der Waals surface area contributed by atoms with Gasteiger partial charge in [-0.3, -0.25) is 0 Å². The molecule has 0 amide bonds. The quantitative estimate of drug-likeness (QED) is 0.491. The molecule has 1 aromatic heterocycles. The number of rotatable bonds is 5. The van der Waals surface area contributed by atoms with Crippen molar-refractivity contribution >= 4 is 33.9 Å². The van der Waals surface area contributed by atoms with Gasteiger partial charge < -0.3 is 20.1 Å². The zero-order valence-corrected chi connectivity index (χ0v) is 16.6. The molecule has 0 atom stereocenters. The summed E-state index contributed by atoms with van der Waals surface area (Å²) in [5, 5.41) is 2.00. The lowest BCUT2D eigenvalue weighted by Crippen LogP contribution is -2.18. The fourth-order valence-corrected chi connectivity index (χ4v) is 3.27. The number of fused-ring (bicyclic) bond motifs is 1. The lowest BCUT2D eigenvalue weighted by atomic mass is 10.1. The number of nitrogens with two attached hydrogens (primary N) is 1. The number of anilines is 3. The third-order valence-electron chi connectivity index (χ3n) is 4.77. The average Bonchev–Trinajstić information content (AvgIpc) is 2.79. The summed E-state index contributed by atoms with van der Waals surface area (Å²) >= 11 is 0. The van der Waals surface area contributed by atoms with Gasteiger partial charge in [0.25, 0.3) is 0 Å². The van der Waals surface area contributed by atoms with Gasteiger partial charge in [0.05, 0.1) is 18.4 Å². The molecule has 150 valence electrons. The number of methoxy groups -OCH3 is 1. The SMILES string of the molecule is COC(=O)c1ccccc1N(C)c1ncnc(Oc2cccc3ccccc23)c1N. The topological polar surface area (TPSA) is 90.6 Å². The van der Waals surface area contributed by atoms with Crippen LogP contribution < -0.4 is 15.4 Å². The van der Waals surface area contributed by atoms with E-state index in [-0.39, 0.29) is 11.6 Å². The Morgan fingerprint density at radius 2 is 1.70 bits per heavy atom. The molecule has 7 nitrogen and oxygen atoms in total. The van der Waals surface area contributed by atoms with Crippen LogP contribution in [0.1, 0.15) is 10.4 Å². The van der Waals surface area contributed by atoms with E-state index in [0.29, 0.717) is 22.8 Å². The molecule has 30 heavy (non-hydrogen) atoms. The van der Waals surface area contributed by atoms with E-state index < -0.39 is 5.97 Å². The molecule has 0 aliphatic rings. The molecule has 0 radical (unpaired) electrons. The summed E-state index contributed by atoms with van der Waals surface area (Å²) in [6.45, 7) is 0. The summed E-state index contributed by atoms with van der Waals surface area (Å²) < 4.78 is 10.9. The molecule has 0 spiro atoms. The molecule has 2 N–H and O–H groups in total.